The number of carbonyl (C=O) groups excluding carboxylic acids is 2. The van der Waals surface area contributed by atoms with Crippen molar-refractivity contribution in [3.8, 4) is 17.0 Å². The Hall–Kier alpha value is -5.51. The third kappa shape index (κ3) is 7.71. The second-order valence-corrected chi connectivity index (χ2v) is 11.9. The minimum Gasteiger partial charge on any atom is -0.487 e. The minimum absolute atomic E-state index is 0.0757. The maximum absolute atomic E-state index is 13.2. The standard InChI is InChI=1S/C32H21F6N3O6S/c1-18-4-9-28(48(44,45)41-30(43)27-3-2-10-46-27)24(11-18)25-7-5-19(15-39-25)17-47-23-6-8-26(40-16-23)29(42)20-12-21(31(33,34)35)14-22(13-20)32(36,37)38/h2-16H,17H2,1H3,(H,41,43). The molecule has 1 amide bonds. The zero-order valence-corrected chi connectivity index (χ0v) is 25.2. The third-order valence-corrected chi connectivity index (χ3v) is 8.11. The lowest BCUT2D eigenvalue weighted by atomic mass is 10.0. The molecule has 3 aromatic heterocycles. The van der Waals surface area contributed by atoms with Crippen molar-refractivity contribution in [3.05, 3.63) is 131 Å². The van der Waals surface area contributed by atoms with Crippen LogP contribution in [0.3, 0.4) is 0 Å². The van der Waals surface area contributed by atoms with Gasteiger partial charge in [0.25, 0.3) is 10.0 Å². The number of nitrogens with one attached hydrogen (secondary N) is 1. The Balaban J connectivity index is 1.29. The smallest absolute Gasteiger partial charge is 0.416 e. The van der Waals surface area contributed by atoms with Gasteiger partial charge >= 0.3 is 18.3 Å². The fourth-order valence-electron chi connectivity index (χ4n) is 4.38. The number of sulfonamides is 1. The highest BCUT2D eigenvalue weighted by Gasteiger charge is 2.37. The van der Waals surface area contributed by atoms with E-state index in [2.05, 4.69) is 9.97 Å². The van der Waals surface area contributed by atoms with Gasteiger partial charge in [-0.1, -0.05) is 17.7 Å². The number of furan rings is 1. The fourth-order valence-corrected chi connectivity index (χ4v) is 5.54. The van der Waals surface area contributed by atoms with Crippen molar-refractivity contribution in [2.24, 2.45) is 0 Å². The Morgan fingerprint density at radius 3 is 2.12 bits per heavy atom. The molecule has 0 aliphatic carbocycles. The van der Waals surface area contributed by atoms with Crippen molar-refractivity contribution in [2.75, 3.05) is 0 Å². The SMILES string of the molecule is Cc1ccc(S(=O)(=O)NC(=O)c2ccco2)c(-c2ccc(COc3ccc(C(=O)c4cc(C(F)(F)F)cc(C(F)(F)F)c4)nc3)cn2)c1. The minimum atomic E-state index is -5.12. The van der Waals surface area contributed by atoms with Crippen LogP contribution in [0.4, 0.5) is 26.3 Å². The highest BCUT2D eigenvalue weighted by molar-refractivity contribution is 7.90. The van der Waals surface area contributed by atoms with Gasteiger partial charge in [-0.05, 0) is 67.6 Å². The number of hydrogen-bond acceptors (Lipinski definition) is 8. The van der Waals surface area contributed by atoms with Gasteiger partial charge in [0, 0.05) is 22.9 Å². The number of ether oxygens (including phenoxy) is 1. The Kier molecular flexibility index (Phi) is 9.13. The van der Waals surface area contributed by atoms with Crippen LogP contribution in [0, 0.1) is 6.92 Å². The molecule has 9 nitrogen and oxygen atoms in total. The fraction of sp³-hybridized carbons (Fsp3) is 0.125. The van der Waals surface area contributed by atoms with E-state index >= 15 is 0 Å². The lowest BCUT2D eigenvalue weighted by Crippen LogP contribution is -2.30. The Morgan fingerprint density at radius 2 is 1.56 bits per heavy atom. The number of carbonyl (C=O) groups is 2. The van der Waals surface area contributed by atoms with E-state index in [0.29, 0.717) is 17.7 Å². The van der Waals surface area contributed by atoms with E-state index in [1.807, 2.05) is 4.72 Å². The van der Waals surface area contributed by atoms with Crippen molar-refractivity contribution in [3.63, 3.8) is 0 Å². The Labute approximate surface area is 268 Å². The first-order valence-electron chi connectivity index (χ1n) is 13.6. The number of rotatable bonds is 9. The molecule has 48 heavy (non-hydrogen) atoms. The van der Waals surface area contributed by atoms with Crippen LogP contribution in [0.2, 0.25) is 0 Å². The second kappa shape index (κ2) is 12.9. The van der Waals surface area contributed by atoms with Gasteiger partial charge in [0.05, 0.1) is 34.2 Å². The maximum Gasteiger partial charge on any atom is 0.416 e. The Morgan fingerprint density at radius 1 is 0.854 bits per heavy atom. The number of hydrogen-bond donors (Lipinski definition) is 1. The van der Waals surface area contributed by atoms with Crippen molar-refractivity contribution in [1.29, 1.82) is 0 Å². The van der Waals surface area contributed by atoms with Crippen LogP contribution in [0.25, 0.3) is 11.3 Å². The molecular weight excluding hydrogens is 668 g/mol. The molecule has 0 unspecified atom stereocenters. The second-order valence-electron chi connectivity index (χ2n) is 10.3. The van der Waals surface area contributed by atoms with Crippen molar-refractivity contribution in [1.82, 2.24) is 14.7 Å². The van der Waals surface area contributed by atoms with Gasteiger partial charge < -0.3 is 9.15 Å². The van der Waals surface area contributed by atoms with E-state index in [9.17, 15) is 44.3 Å². The molecule has 1 N–H and O–H groups in total. The number of halogens is 6. The summed E-state index contributed by atoms with van der Waals surface area (Å²) in [6.45, 7) is 1.67. The van der Waals surface area contributed by atoms with E-state index in [4.69, 9.17) is 9.15 Å². The lowest BCUT2D eigenvalue weighted by molar-refractivity contribution is -0.143. The molecule has 3 heterocycles. The van der Waals surface area contributed by atoms with Crippen molar-refractivity contribution in [2.45, 2.75) is 30.8 Å². The lowest BCUT2D eigenvalue weighted by Gasteiger charge is -2.14. The van der Waals surface area contributed by atoms with E-state index in [-0.39, 0.29) is 40.3 Å². The topological polar surface area (TPSA) is 128 Å². The van der Waals surface area contributed by atoms with Gasteiger partial charge in [-0.3, -0.25) is 14.6 Å². The van der Waals surface area contributed by atoms with E-state index in [1.54, 1.807) is 25.1 Å². The first-order chi connectivity index (χ1) is 22.5. The molecule has 5 rings (SSSR count). The first kappa shape index (κ1) is 33.8. The van der Waals surface area contributed by atoms with Gasteiger partial charge in [0.2, 0.25) is 5.78 Å². The monoisotopic (exact) mass is 689 g/mol. The highest BCUT2D eigenvalue weighted by Crippen LogP contribution is 2.37. The molecule has 2 aromatic carbocycles. The summed E-state index contributed by atoms with van der Waals surface area (Å²) in [4.78, 5) is 33.1. The third-order valence-electron chi connectivity index (χ3n) is 6.72. The van der Waals surface area contributed by atoms with Crippen molar-refractivity contribution < 1.29 is 53.5 Å². The normalized spacial score (nSPS) is 12.1. The summed E-state index contributed by atoms with van der Waals surface area (Å²) < 4.78 is 118. The van der Waals surface area contributed by atoms with Crippen LogP contribution in [-0.2, 0) is 29.0 Å². The Bertz CT molecular complexity index is 2050. The molecule has 0 radical (unpaired) electrons. The van der Waals surface area contributed by atoms with Gasteiger partial charge in [-0.25, -0.2) is 18.1 Å². The summed E-state index contributed by atoms with van der Waals surface area (Å²) in [5.41, 5.74) is -2.78. The molecule has 248 valence electrons. The van der Waals surface area contributed by atoms with E-state index in [0.717, 1.165) is 17.8 Å². The maximum atomic E-state index is 13.2. The number of alkyl halides is 6. The molecule has 5 aromatic rings. The zero-order chi connectivity index (χ0) is 34.9. The predicted molar refractivity (Wildman–Crippen MR) is 156 cm³/mol. The molecule has 0 aliphatic rings. The summed E-state index contributed by atoms with van der Waals surface area (Å²) >= 11 is 0. The van der Waals surface area contributed by atoms with Crippen LogP contribution < -0.4 is 9.46 Å². The van der Waals surface area contributed by atoms with Crippen LogP contribution in [-0.4, -0.2) is 30.1 Å². The van der Waals surface area contributed by atoms with Gasteiger partial charge in [0.1, 0.15) is 18.1 Å². The number of nitrogens with zero attached hydrogens (tertiary/aromatic N) is 2. The molecule has 16 heteroatoms. The molecule has 0 saturated heterocycles. The zero-order valence-electron chi connectivity index (χ0n) is 24.4. The summed E-state index contributed by atoms with van der Waals surface area (Å²) in [5, 5.41) is 0. The van der Waals surface area contributed by atoms with Crippen LogP contribution >= 0.6 is 0 Å². The number of aryl methyl sites for hydroxylation is 1. The predicted octanol–water partition coefficient (Wildman–Crippen LogP) is 7.01. The summed E-state index contributed by atoms with van der Waals surface area (Å²) in [7, 11) is -4.34. The first-order valence-corrected chi connectivity index (χ1v) is 15.1. The summed E-state index contributed by atoms with van der Waals surface area (Å²) in [5.74, 6) is -2.18. The average Bonchev–Trinajstić information content (AvgIpc) is 3.58. The quantitative estimate of drug-likeness (QED) is 0.129. The molecular formula is C32H21F6N3O6S. The summed E-state index contributed by atoms with van der Waals surface area (Å²) in [6.07, 6.45) is -6.52. The average molecular weight is 690 g/mol. The van der Waals surface area contributed by atoms with E-state index in [1.165, 1.54) is 42.8 Å². The van der Waals surface area contributed by atoms with Crippen LogP contribution in [0.15, 0.2) is 101 Å². The number of benzene rings is 2. The van der Waals surface area contributed by atoms with Crippen molar-refractivity contribution >= 4 is 21.7 Å². The highest BCUT2D eigenvalue weighted by atomic mass is 32.2. The summed E-state index contributed by atoms with van der Waals surface area (Å²) in [6, 6.07) is 13.3. The molecule has 0 bridgehead atoms. The molecule has 0 saturated carbocycles. The van der Waals surface area contributed by atoms with Gasteiger partial charge in [-0.15, -0.1) is 0 Å². The van der Waals surface area contributed by atoms with E-state index < -0.39 is 56.5 Å². The number of aromatic nitrogens is 2. The number of ketones is 1. The largest absolute Gasteiger partial charge is 0.487 e. The molecule has 0 atom stereocenters. The molecule has 0 fully saturated rings. The van der Waals surface area contributed by atoms with Gasteiger partial charge in [-0.2, -0.15) is 26.3 Å². The van der Waals surface area contributed by atoms with Crippen LogP contribution in [0.5, 0.6) is 5.75 Å². The number of amides is 1. The molecule has 0 aliphatic heterocycles. The van der Waals surface area contributed by atoms with Crippen LogP contribution in [0.1, 0.15) is 48.9 Å². The number of pyridine rings is 2. The van der Waals surface area contributed by atoms with Gasteiger partial charge in [0.15, 0.2) is 5.76 Å². The molecule has 0 spiro atoms.